The number of hydrogen-bond donors (Lipinski definition) is 1. The lowest BCUT2D eigenvalue weighted by Crippen LogP contribution is -2.32. The summed E-state index contributed by atoms with van der Waals surface area (Å²) in [4.78, 5) is 15.0. The summed E-state index contributed by atoms with van der Waals surface area (Å²) < 4.78 is 17.2. The molecule has 0 aromatic heterocycles. The highest BCUT2D eigenvalue weighted by atomic mass is 16.6. The average molecular weight is 467 g/mol. The molecule has 1 saturated heterocycles. The van der Waals surface area contributed by atoms with E-state index in [-0.39, 0.29) is 11.4 Å². The quantitative estimate of drug-likeness (QED) is 0.537. The number of ether oxygens (including phenoxy) is 3. The first-order valence-electron chi connectivity index (χ1n) is 12.4. The number of fused-ring (bicyclic) bond motifs is 1. The molecule has 0 amide bonds. The van der Waals surface area contributed by atoms with Gasteiger partial charge in [-0.2, -0.15) is 0 Å². The molecule has 34 heavy (non-hydrogen) atoms. The van der Waals surface area contributed by atoms with Crippen molar-refractivity contribution < 1.29 is 19.0 Å². The Bertz CT molecular complexity index is 940. The Hall–Kier alpha value is -2.57. The molecule has 1 saturated carbocycles. The van der Waals surface area contributed by atoms with E-state index >= 15 is 0 Å². The van der Waals surface area contributed by atoms with Gasteiger partial charge in [-0.3, -0.25) is 4.90 Å². The van der Waals surface area contributed by atoms with Gasteiger partial charge in [-0.25, -0.2) is 4.79 Å². The lowest BCUT2D eigenvalue weighted by atomic mass is 9.87. The van der Waals surface area contributed by atoms with Crippen LogP contribution in [0.1, 0.15) is 38.8 Å². The van der Waals surface area contributed by atoms with Gasteiger partial charge in [0.25, 0.3) is 0 Å². The van der Waals surface area contributed by atoms with Crippen LogP contribution in [0.15, 0.2) is 48.5 Å². The van der Waals surface area contributed by atoms with E-state index in [4.69, 9.17) is 19.9 Å². The van der Waals surface area contributed by atoms with Crippen LogP contribution in [0.5, 0.6) is 11.5 Å². The van der Waals surface area contributed by atoms with E-state index in [1.807, 2.05) is 48.5 Å². The van der Waals surface area contributed by atoms with Crippen molar-refractivity contribution in [3.8, 4) is 11.5 Å². The van der Waals surface area contributed by atoms with Gasteiger partial charge < -0.3 is 19.9 Å². The molecule has 1 heterocycles. The molecule has 2 fully saturated rings. The predicted molar refractivity (Wildman–Crippen MR) is 133 cm³/mol. The number of nitrogens with zero attached hydrogens (tertiary/aromatic N) is 1. The van der Waals surface area contributed by atoms with Gasteiger partial charge >= 0.3 is 5.97 Å². The molecular formula is C28H38N2O4. The van der Waals surface area contributed by atoms with E-state index in [1.165, 1.54) is 5.56 Å². The fourth-order valence-electron chi connectivity index (χ4n) is 4.68. The molecular weight excluding hydrogens is 428 g/mol. The largest absolute Gasteiger partial charge is 0.492 e. The Kier molecular flexibility index (Phi) is 7.48. The van der Waals surface area contributed by atoms with Crippen LogP contribution < -0.4 is 15.2 Å². The fraction of sp³-hybridized carbons (Fsp3) is 0.536. The summed E-state index contributed by atoms with van der Waals surface area (Å²) in [5.74, 6) is 2.53. The molecule has 0 spiro atoms. The third-order valence-electron chi connectivity index (χ3n) is 6.90. The molecule has 2 aromatic rings. The first-order chi connectivity index (χ1) is 16.2. The third kappa shape index (κ3) is 6.10. The van der Waals surface area contributed by atoms with E-state index in [0.29, 0.717) is 43.3 Å². The molecule has 1 unspecified atom stereocenters. The van der Waals surface area contributed by atoms with Gasteiger partial charge in [0.2, 0.25) is 0 Å². The average Bonchev–Trinajstić information content (AvgIpc) is 3.18. The number of rotatable bonds is 10. The van der Waals surface area contributed by atoms with Gasteiger partial charge in [-0.05, 0) is 59.6 Å². The summed E-state index contributed by atoms with van der Waals surface area (Å²) in [6, 6.07) is 16.2. The first-order valence-corrected chi connectivity index (χ1v) is 12.4. The van der Waals surface area contributed by atoms with Crippen molar-refractivity contribution >= 4 is 5.97 Å². The zero-order valence-electron chi connectivity index (χ0n) is 20.8. The first kappa shape index (κ1) is 24.6. The fourth-order valence-corrected chi connectivity index (χ4v) is 4.68. The molecule has 2 N–H and O–H groups in total. The van der Waals surface area contributed by atoms with E-state index in [1.54, 1.807) is 6.92 Å². The van der Waals surface area contributed by atoms with E-state index in [0.717, 1.165) is 30.9 Å². The van der Waals surface area contributed by atoms with Gasteiger partial charge in [0.05, 0.1) is 6.61 Å². The topological polar surface area (TPSA) is 74.0 Å². The van der Waals surface area contributed by atoms with Gasteiger partial charge in [0.15, 0.2) is 6.10 Å². The second kappa shape index (κ2) is 10.4. The second-order valence-corrected chi connectivity index (χ2v) is 10.5. The number of esters is 1. The highest BCUT2D eigenvalue weighted by Gasteiger charge is 2.53. The van der Waals surface area contributed by atoms with Crippen molar-refractivity contribution in [3.63, 3.8) is 0 Å². The summed E-state index contributed by atoms with van der Waals surface area (Å²) in [5.41, 5.74) is 8.27. The highest BCUT2D eigenvalue weighted by Crippen LogP contribution is 2.43. The summed E-state index contributed by atoms with van der Waals surface area (Å²) in [6.07, 6.45) is -0.281. The van der Waals surface area contributed by atoms with Gasteiger partial charge in [0.1, 0.15) is 18.1 Å². The number of benzene rings is 2. The monoisotopic (exact) mass is 466 g/mol. The summed E-state index contributed by atoms with van der Waals surface area (Å²) in [7, 11) is 0. The van der Waals surface area contributed by atoms with E-state index < -0.39 is 6.10 Å². The van der Waals surface area contributed by atoms with Crippen LogP contribution >= 0.6 is 0 Å². The van der Waals surface area contributed by atoms with Crippen LogP contribution in [0.3, 0.4) is 0 Å². The zero-order valence-corrected chi connectivity index (χ0v) is 20.8. The number of nitrogens with two attached hydrogens (primary N) is 1. The molecule has 2 aliphatic rings. The lowest BCUT2D eigenvalue weighted by molar-refractivity contribution is -0.151. The number of hydrogen-bond acceptors (Lipinski definition) is 6. The Morgan fingerprint density at radius 1 is 1.03 bits per heavy atom. The van der Waals surface area contributed by atoms with Crippen LogP contribution in [0.4, 0.5) is 0 Å². The van der Waals surface area contributed by atoms with Crippen LogP contribution in [0, 0.1) is 11.8 Å². The standard InChI is InChI=1S/C28H38N2O4/c1-5-32-27(31)25(34-22-12-8-20(9-13-22)28(2,3)4)16-19-6-10-21(11-7-19)33-15-14-30-17-23-24(18-30)26(23)29/h6-13,23-26H,5,14-18,29H2,1-4H3/t23-,24?,25-,26+/m0/s1. The Labute approximate surface area is 203 Å². The minimum atomic E-state index is -0.708. The summed E-state index contributed by atoms with van der Waals surface area (Å²) in [6.45, 7) is 12.4. The van der Waals surface area contributed by atoms with Crippen molar-refractivity contribution in [2.24, 2.45) is 17.6 Å². The normalized spacial score (nSPS) is 22.7. The van der Waals surface area contributed by atoms with Crippen molar-refractivity contribution in [2.75, 3.05) is 32.8 Å². The molecule has 4 atom stereocenters. The Balaban J connectivity index is 1.30. The zero-order chi connectivity index (χ0) is 24.3. The predicted octanol–water partition coefficient (Wildman–Crippen LogP) is 3.81. The molecule has 2 aromatic carbocycles. The number of likely N-dealkylation sites (tertiary alicyclic amines) is 1. The third-order valence-corrected chi connectivity index (χ3v) is 6.90. The molecule has 6 nitrogen and oxygen atoms in total. The van der Waals surface area contributed by atoms with Crippen LogP contribution in [0.2, 0.25) is 0 Å². The van der Waals surface area contributed by atoms with Gasteiger partial charge in [-0.15, -0.1) is 0 Å². The van der Waals surface area contributed by atoms with E-state index in [9.17, 15) is 4.79 Å². The Morgan fingerprint density at radius 2 is 1.65 bits per heavy atom. The van der Waals surface area contributed by atoms with E-state index in [2.05, 4.69) is 25.7 Å². The molecule has 0 radical (unpaired) electrons. The maximum Gasteiger partial charge on any atom is 0.347 e. The van der Waals surface area contributed by atoms with Crippen molar-refractivity contribution in [1.29, 1.82) is 0 Å². The maximum absolute atomic E-state index is 12.6. The van der Waals surface area contributed by atoms with Crippen LogP contribution in [-0.2, 0) is 21.4 Å². The molecule has 4 rings (SSSR count). The van der Waals surface area contributed by atoms with Gasteiger partial charge in [-0.1, -0.05) is 45.0 Å². The molecule has 6 heteroatoms. The number of carbonyl (C=O) groups excluding carboxylic acids is 1. The van der Waals surface area contributed by atoms with Crippen molar-refractivity contribution in [2.45, 2.75) is 51.7 Å². The van der Waals surface area contributed by atoms with Crippen molar-refractivity contribution in [1.82, 2.24) is 4.90 Å². The molecule has 0 bridgehead atoms. The minimum Gasteiger partial charge on any atom is -0.492 e. The van der Waals surface area contributed by atoms with Crippen molar-refractivity contribution in [3.05, 3.63) is 59.7 Å². The minimum absolute atomic E-state index is 0.0608. The highest BCUT2D eigenvalue weighted by molar-refractivity contribution is 5.75. The Morgan fingerprint density at radius 3 is 2.24 bits per heavy atom. The number of piperidine rings is 1. The summed E-state index contributed by atoms with van der Waals surface area (Å²) >= 11 is 0. The van der Waals surface area contributed by atoms with Crippen LogP contribution in [0.25, 0.3) is 0 Å². The maximum atomic E-state index is 12.6. The SMILES string of the molecule is CCOC(=O)[C@H](Cc1ccc(OCCN2CC3[C@H](N)[C@H]3C2)cc1)Oc1ccc(C(C)(C)C)cc1. The number of carbonyl (C=O) groups is 1. The molecule has 184 valence electrons. The smallest absolute Gasteiger partial charge is 0.347 e. The van der Waals surface area contributed by atoms with Crippen LogP contribution in [-0.4, -0.2) is 55.9 Å². The lowest BCUT2D eigenvalue weighted by Gasteiger charge is -2.21. The second-order valence-electron chi connectivity index (χ2n) is 10.5. The van der Waals surface area contributed by atoms with Gasteiger partial charge in [0, 0.05) is 32.1 Å². The molecule has 1 aliphatic carbocycles. The summed E-state index contributed by atoms with van der Waals surface area (Å²) in [5, 5.41) is 0. The molecule has 1 aliphatic heterocycles.